The molecular weight excluding hydrogens is 332 g/mol. The molecule has 0 saturated carbocycles. The van der Waals surface area contributed by atoms with Crippen molar-refractivity contribution in [1.29, 1.82) is 0 Å². The van der Waals surface area contributed by atoms with Crippen molar-refractivity contribution in [3.63, 3.8) is 0 Å². The van der Waals surface area contributed by atoms with Gasteiger partial charge in [0.25, 0.3) is 0 Å². The van der Waals surface area contributed by atoms with Gasteiger partial charge in [0.2, 0.25) is 0 Å². The number of pyridine rings is 1. The minimum atomic E-state index is 0.722. The fourth-order valence-corrected chi connectivity index (χ4v) is 3.32. The molecular formula is C24H42N2O. The van der Waals surface area contributed by atoms with Gasteiger partial charge in [-0.3, -0.25) is 4.98 Å². The maximum Gasteiger partial charge on any atom is 0.117 e. The standard InChI is InChI=1S/C24H42N2O/c1-2-3-4-5-6-7-8-9-10-11-12-13-14-15-16-17-22-27-26-23-24-18-20-25-21-19-24/h18-21,23H,2-17,22H2,1H3/b26-23+. The second-order valence-corrected chi connectivity index (χ2v) is 7.65. The molecule has 1 aromatic rings. The highest BCUT2D eigenvalue weighted by molar-refractivity contribution is 5.78. The summed E-state index contributed by atoms with van der Waals surface area (Å²) in [7, 11) is 0. The topological polar surface area (TPSA) is 34.5 Å². The van der Waals surface area contributed by atoms with E-state index in [1.54, 1.807) is 18.6 Å². The Morgan fingerprint density at radius 2 is 1.15 bits per heavy atom. The Bertz CT molecular complexity index is 433. The second kappa shape index (κ2) is 19.4. The molecule has 0 aliphatic carbocycles. The number of hydrogen-bond donors (Lipinski definition) is 0. The summed E-state index contributed by atoms with van der Waals surface area (Å²) in [4.78, 5) is 9.28. The van der Waals surface area contributed by atoms with Crippen molar-refractivity contribution in [3.05, 3.63) is 30.1 Å². The van der Waals surface area contributed by atoms with Crippen molar-refractivity contribution < 1.29 is 4.84 Å². The van der Waals surface area contributed by atoms with Gasteiger partial charge in [0, 0.05) is 12.4 Å². The van der Waals surface area contributed by atoms with E-state index in [2.05, 4.69) is 17.1 Å². The molecule has 0 N–H and O–H groups in total. The second-order valence-electron chi connectivity index (χ2n) is 7.65. The van der Waals surface area contributed by atoms with Crippen LogP contribution in [0.15, 0.2) is 29.7 Å². The van der Waals surface area contributed by atoms with Gasteiger partial charge >= 0.3 is 0 Å². The lowest BCUT2D eigenvalue weighted by atomic mass is 10.0. The van der Waals surface area contributed by atoms with Crippen LogP contribution in [0.4, 0.5) is 0 Å². The van der Waals surface area contributed by atoms with Gasteiger partial charge in [-0.25, -0.2) is 0 Å². The summed E-state index contributed by atoms with van der Waals surface area (Å²) in [6.07, 6.45) is 27.5. The van der Waals surface area contributed by atoms with Gasteiger partial charge in [-0.15, -0.1) is 0 Å². The van der Waals surface area contributed by atoms with Crippen molar-refractivity contribution in [2.45, 2.75) is 110 Å². The number of nitrogens with zero attached hydrogens (tertiary/aromatic N) is 2. The number of rotatable bonds is 19. The highest BCUT2D eigenvalue weighted by atomic mass is 16.6. The lowest BCUT2D eigenvalue weighted by Gasteiger charge is -2.03. The Morgan fingerprint density at radius 3 is 1.63 bits per heavy atom. The monoisotopic (exact) mass is 374 g/mol. The molecule has 154 valence electrons. The molecule has 3 nitrogen and oxygen atoms in total. The molecule has 0 fully saturated rings. The Morgan fingerprint density at radius 1 is 0.704 bits per heavy atom. The number of hydrogen-bond acceptors (Lipinski definition) is 3. The molecule has 0 saturated heterocycles. The molecule has 0 bridgehead atoms. The molecule has 1 aromatic heterocycles. The summed E-state index contributed by atoms with van der Waals surface area (Å²) in [5.74, 6) is 0. The molecule has 0 aromatic carbocycles. The highest BCUT2D eigenvalue weighted by Gasteiger charge is 1.95. The van der Waals surface area contributed by atoms with Crippen molar-refractivity contribution in [1.82, 2.24) is 4.98 Å². The normalized spacial score (nSPS) is 11.3. The van der Waals surface area contributed by atoms with E-state index < -0.39 is 0 Å². The van der Waals surface area contributed by atoms with Gasteiger partial charge in [-0.05, 0) is 30.5 Å². The van der Waals surface area contributed by atoms with Gasteiger partial charge < -0.3 is 4.84 Å². The van der Waals surface area contributed by atoms with Gasteiger partial charge in [-0.1, -0.05) is 102 Å². The molecule has 0 unspecified atom stereocenters. The summed E-state index contributed by atoms with van der Waals surface area (Å²) < 4.78 is 0. The molecule has 0 spiro atoms. The first-order valence-corrected chi connectivity index (χ1v) is 11.5. The van der Waals surface area contributed by atoms with Crippen molar-refractivity contribution in [3.8, 4) is 0 Å². The zero-order valence-corrected chi connectivity index (χ0v) is 17.7. The van der Waals surface area contributed by atoms with Crippen molar-refractivity contribution >= 4 is 6.21 Å². The smallest absolute Gasteiger partial charge is 0.117 e. The predicted molar refractivity (Wildman–Crippen MR) is 117 cm³/mol. The average Bonchev–Trinajstić information content (AvgIpc) is 2.70. The van der Waals surface area contributed by atoms with Crippen LogP contribution in [0.25, 0.3) is 0 Å². The van der Waals surface area contributed by atoms with E-state index >= 15 is 0 Å². The van der Waals surface area contributed by atoms with Crippen LogP contribution in [0.5, 0.6) is 0 Å². The van der Waals surface area contributed by atoms with Crippen LogP contribution >= 0.6 is 0 Å². The fraction of sp³-hybridized carbons (Fsp3) is 0.750. The zero-order chi connectivity index (χ0) is 19.3. The Hall–Kier alpha value is -1.38. The number of oxime groups is 1. The van der Waals surface area contributed by atoms with E-state index in [9.17, 15) is 0 Å². The third-order valence-corrected chi connectivity index (χ3v) is 5.07. The minimum Gasteiger partial charge on any atom is -0.396 e. The summed E-state index contributed by atoms with van der Waals surface area (Å²) >= 11 is 0. The largest absolute Gasteiger partial charge is 0.396 e. The van der Waals surface area contributed by atoms with E-state index in [1.807, 2.05) is 12.1 Å². The van der Waals surface area contributed by atoms with Gasteiger partial charge in [-0.2, -0.15) is 0 Å². The maximum atomic E-state index is 5.31. The molecule has 0 radical (unpaired) electrons. The highest BCUT2D eigenvalue weighted by Crippen LogP contribution is 2.13. The SMILES string of the molecule is CCCCCCCCCCCCCCCCCCO/N=C/c1ccncc1. The van der Waals surface area contributed by atoms with Gasteiger partial charge in [0.15, 0.2) is 0 Å². The first-order chi connectivity index (χ1) is 13.4. The van der Waals surface area contributed by atoms with Crippen LogP contribution in [-0.4, -0.2) is 17.8 Å². The van der Waals surface area contributed by atoms with Crippen LogP contribution in [0, 0.1) is 0 Å². The lowest BCUT2D eigenvalue weighted by molar-refractivity contribution is 0.141. The third kappa shape index (κ3) is 16.5. The molecule has 27 heavy (non-hydrogen) atoms. The summed E-state index contributed by atoms with van der Waals surface area (Å²) in [5, 5.41) is 4.00. The molecule has 0 aliphatic rings. The summed E-state index contributed by atoms with van der Waals surface area (Å²) in [6.45, 7) is 3.01. The Kier molecular flexibility index (Phi) is 17.0. The summed E-state index contributed by atoms with van der Waals surface area (Å²) in [6, 6.07) is 3.84. The lowest BCUT2D eigenvalue weighted by Crippen LogP contribution is -1.90. The molecule has 0 atom stereocenters. The van der Waals surface area contributed by atoms with E-state index in [1.165, 1.54) is 96.3 Å². The van der Waals surface area contributed by atoms with Crippen LogP contribution in [0.1, 0.15) is 115 Å². The van der Waals surface area contributed by atoms with Gasteiger partial charge in [0.1, 0.15) is 6.61 Å². The number of unbranched alkanes of at least 4 members (excludes halogenated alkanes) is 15. The molecule has 1 heterocycles. The first-order valence-electron chi connectivity index (χ1n) is 11.5. The predicted octanol–water partition coefficient (Wildman–Crippen LogP) is 7.69. The first kappa shape index (κ1) is 23.7. The Labute approximate surface area is 168 Å². The van der Waals surface area contributed by atoms with Crippen LogP contribution < -0.4 is 0 Å². The minimum absolute atomic E-state index is 0.722. The average molecular weight is 375 g/mol. The van der Waals surface area contributed by atoms with Crippen LogP contribution in [0.2, 0.25) is 0 Å². The van der Waals surface area contributed by atoms with Crippen molar-refractivity contribution in [2.75, 3.05) is 6.61 Å². The van der Waals surface area contributed by atoms with Crippen LogP contribution in [-0.2, 0) is 4.84 Å². The van der Waals surface area contributed by atoms with E-state index in [0.29, 0.717) is 0 Å². The quantitative estimate of drug-likeness (QED) is 0.141. The fourth-order valence-electron chi connectivity index (χ4n) is 3.32. The maximum absolute atomic E-state index is 5.31. The van der Waals surface area contributed by atoms with Crippen molar-refractivity contribution in [2.24, 2.45) is 5.16 Å². The molecule has 3 heteroatoms. The number of aromatic nitrogens is 1. The van der Waals surface area contributed by atoms with Gasteiger partial charge in [0.05, 0.1) is 6.21 Å². The van der Waals surface area contributed by atoms with E-state index in [-0.39, 0.29) is 0 Å². The zero-order valence-electron chi connectivity index (χ0n) is 17.7. The molecule has 0 amide bonds. The van der Waals surface area contributed by atoms with E-state index in [4.69, 9.17) is 4.84 Å². The third-order valence-electron chi connectivity index (χ3n) is 5.07. The molecule has 0 aliphatic heterocycles. The molecule has 1 rings (SSSR count). The van der Waals surface area contributed by atoms with Crippen LogP contribution in [0.3, 0.4) is 0 Å². The Balaban J connectivity index is 1.71. The summed E-state index contributed by atoms with van der Waals surface area (Å²) in [5.41, 5.74) is 1.02. The van der Waals surface area contributed by atoms with E-state index in [0.717, 1.165) is 18.6 Å².